The van der Waals surface area contributed by atoms with Gasteiger partial charge in [0, 0.05) is 23.2 Å². The number of fused-ring (bicyclic) bond motifs is 8. The maximum atomic E-state index is 14.1. The molecule has 4 aromatic rings. The summed E-state index contributed by atoms with van der Waals surface area (Å²) in [6.07, 6.45) is 7.45. The lowest BCUT2D eigenvalue weighted by Gasteiger charge is -2.46. The van der Waals surface area contributed by atoms with E-state index in [0.717, 1.165) is 23.1 Å². The molecule has 3 aliphatic rings. The Morgan fingerprint density at radius 1 is 1.00 bits per heavy atom. The van der Waals surface area contributed by atoms with Crippen molar-refractivity contribution in [3.05, 3.63) is 131 Å². The van der Waals surface area contributed by atoms with Crippen molar-refractivity contribution in [2.45, 2.75) is 83.0 Å². The maximum Gasteiger partial charge on any atom is 0.322 e. The van der Waals surface area contributed by atoms with Gasteiger partial charge < -0.3 is 29.6 Å². The molecule has 0 radical (unpaired) electrons. The zero-order valence-corrected chi connectivity index (χ0v) is 29.2. The van der Waals surface area contributed by atoms with Crippen LogP contribution in [-0.4, -0.2) is 52.3 Å². The second-order valence-electron chi connectivity index (χ2n) is 14.3. The van der Waals surface area contributed by atoms with Gasteiger partial charge in [0.2, 0.25) is 5.78 Å². The first-order valence-electron chi connectivity index (χ1n) is 17.6. The molecule has 3 aliphatic carbocycles. The van der Waals surface area contributed by atoms with E-state index in [1.54, 1.807) is 48.4 Å². The molecule has 0 saturated heterocycles. The van der Waals surface area contributed by atoms with E-state index in [0.29, 0.717) is 62.1 Å². The number of hydrogen-bond acceptors (Lipinski definition) is 6. The molecule has 4 atom stereocenters. The van der Waals surface area contributed by atoms with E-state index < -0.39 is 17.1 Å². The smallest absolute Gasteiger partial charge is 0.322 e. The topological polar surface area (TPSA) is 112 Å². The number of nitrogens with zero attached hydrogens (tertiary/aromatic N) is 1. The molecule has 0 unspecified atom stereocenters. The van der Waals surface area contributed by atoms with Crippen LogP contribution in [0.4, 0.5) is 10.5 Å². The van der Waals surface area contributed by atoms with Gasteiger partial charge in [0.1, 0.15) is 5.75 Å². The fourth-order valence-corrected chi connectivity index (χ4v) is 7.93. The van der Waals surface area contributed by atoms with Gasteiger partial charge in [0.15, 0.2) is 5.76 Å². The summed E-state index contributed by atoms with van der Waals surface area (Å²) in [6, 6.07) is 26.0. The number of methoxy groups -OCH3 is 1. The van der Waals surface area contributed by atoms with Crippen molar-refractivity contribution in [2.75, 3.05) is 19.0 Å². The van der Waals surface area contributed by atoms with E-state index in [4.69, 9.17) is 9.15 Å². The summed E-state index contributed by atoms with van der Waals surface area (Å²) in [6.45, 7) is 4.63. The minimum Gasteiger partial charge on any atom is -0.497 e. The van der Waals surface area contributed by atoms with Gasteiger partial charge in [0.25, 0.3) is 0 Å². The third-order valence-corrected chi connectivity index (χ3v) is 11.0. The molecule has 1 heterocycles. The lowest BCUT2D eigenvalue weighted by molar-refractivity contribution is -0.0773. The highest BCUT2D eigenvalue weighted by molar-refractivity contribution is 6.08. The van der Waals surface area contributed by atoms with Crippen molar-refractivity contribution < 1.29 is 29.0 Å². The first-order chi connectivity index (χ1) is 24.1. The summed E-state index contributed by atoms with van der Waals surface area (Å²) >= 11 is 0. The van der Waals surface area contributed by atoms with Crippen molar-refractivity contribution >= 4 is 17.5 Å². The molecular formula is C42H48N2O6. The average Bonchev–Trinajstić information content (AvgIpc) is 3.74. The Labute approximate surface area is 294 Å². The minimum atomic E-state index is -1.28. The van der Waals surface area contributed by atoms with E-state index >= 15 is 0 Å². The predicted molar refractivity (Wildman–Crippen MR) is 194 cm³/mol. The minimum absolute atomic E-state index is 0.102. The van der Waals surface area contributed by atoms with Gasteiger partial charge in [-0.25, -0.2) is 4.79 Å². The van der Waals surface area contributed by atoms with Gasteiger partial charge in [0.05, 0.1) is 31.6 Å². The Hall–Kier alpha value is -4.66. The van der Waals surface area contributed by atoms with Crippen molar-refractivity contribution in [1.29, 1.82) is 0 Å². The van der Waals surface area contributed by atoms with Crippen LogP contribution in [-0.2, 0) is 13.0 Å². The van der Waals surface area contributed by atoms with Crippen LogP contribution in [0.2, 0.25) is 0 Å². The number of urea groups is 1. The Kier molecular flexibility index (Phi) is 10.6. The Morgan fingerprint density at radius 2 is 1.78 bits per heavy atom. The monoisotopic (exact) mass is 676 g/mol. The number of nitrogens with one attached hydrogen (secondary N) is 1. The summed E-state index contributed by atoms with van der Waals surface area (Å²) in [5.74, 6) is 0.546. The molecule has 1 fully saturated rings. The van der Waals surface area contributed by atoms with Gasteiger partial charge in [-0.15, -0.1) is 0 Å². The van der Waals surface area contributed by atoms with E-state index in [1.165, 1.54) is 11.8 Å². The molecule has 50 heavy (non-hydrogen) atoms. The van der Waals surface area contributed by atoms with Gasteiger partial charge in [-0.1, -0.05) is 61.0 Å². The molecule has 262 valence electrons. The van der Waals surface area contributed by atoms with Crippen molar-refractivity contribution in [2.24, 2.45) is 5.41 Å². The molecule has 2 bridgehead atoms. The largest absolute Gasteiger partial charge is 0.497 e. The predicted octanol–water partition coefficient (Wildman–Crippen LogP) is 8.29. The molecule has 1 saturated carbocycles. The van der Waals surface area contributed by atoms with Crippen LogP contribution in [0, 0.1) is 5.41 Å². The van der Waals surface area contributed by atoms with E-state index in [1.807, 2.05) is 48.5 Å². The fourth-order valence-electron chi connectivity index (χ4n) is 7.93. The summed E-state index contributed by atoms with van der Waals surface area (Å²) in [7, 11) is 1.60. The highest BCUT2D eigenvalue weighted by atomic mass is 16.5. The zero-order valence-electron chi connectivity index (χ0n) is 29.2. The SMILES string of the molecule is COc1ccc(NC(=O)N(Cc2ccccc2)C[C@]2(O)CC[C@H]3c4ccc(cc4C(=O)c4ccco4)C[C@@H](O)CCC(C)=CCC[C@@]32C)cc1. The summed E-state index contributed by atoms with van der Waals surface area (Å²) in [5, 5.41) is 26.9. The lowest BCUT2D eigenvalue weighted by atomic mass is 9.64. The van der Waals surface area contributed by atoms with Crippen molar-refractivity contribution in [3.8, 4) is 5.75 Å². The Balaban J connectivity index is 1.39. The normalized spacial score (nSPS) is 23.7. The number of carbonyl (C=O) groups is 2. The summed E-state index contributed by atoms with van der Waals surface area (Å²) in [4.78, 5) is 29.8. The standard InChI is InChI=1S/C42H48N2O6/c1-29-9-7-22-41(2)37(35-20-14-31(25-33(45)17-13-29)26-36(35)39(46)38-12-8-24-50-38)21-23-42(41,48)28-44(27-30-10-5-4-6-11-30)40(47)43-32-15-18-34(49-3)19-16-32/h4-6,8-12,14-16,18-20,24,26,33,37,45,48H,7,13,17,21-23,25,27-28H2,1-3H3,(H,43,47)/t33-,37-,41-,42+/m0/s1. The number of allylic oxidation sites excluding steroid dienone is 2. The summed E-state index contributed by atoms with van der Waals surface area (Å²) < 4.78 is 10.9. The van der Waals surface area contributed by atoms with Crippen LogP contribution in [0.1, 0.15) is 91.1 Å². The van der Waals surface area contributed by atoms with Crippen LogP contribution in [0.5, 0.6) is 5.75 Å². The highest BCUT2D eigenvalue weighted by Gasteiger charge is 2.57. The maximum absolute atomic E-state index is 14.1. The third-order valence-electron chi connectivity index (χ3n) is 11.0. The van der Waals surface area contributed by atoms with Gasteiger partial charge in [-0.3, -0.25) is 4.79 Å². The molecule has 8 heteroatoms. The number of anilines is 1. The first kappa shape index (κ1) is 35.2. The third kappa shape index (κ3) is 7.57. The van der Waals surface area contributed by atoms with E-state index in [9.17, 15) is 19.8 Å². The molecule has 7 rings (SSSR count). The van der Waals surface area contributed by atoms with Crippen molar-refractivity contribution in [1.82, 2.24) is 4.90 Å². The summed E-state index contributed by atoms with van der Waals surface area (Å²) in [5.41, 5.74) is 3.08. The molecule has 3 aromatic carbocycles. The molecule has 1 aromatic heterocycles. The van der Waals surface area contributed by atoms with E-state index in [-0.39, 0.29) is 30.0 Å². The second-order valence-corrected chi connectivity index (χ2v) is 14.3. The number of benzene rings is 3. The number of rotatable bonds is 8. The van der Waals surface area contributed by atoms with Crippen LogP contribution < -0.4 is 10.1 Å². The number of aliphatic hydroxyl groups is 2. The molecular weight excluding hydrogens is 628 g/mol. The number of aliphatic hydroxyl groups excluding tert-OH is 1. The second kappa shape index (κ2) is 15.1. The van der Waals surface area contributed by atoms with Gasteiger partial charge in [-0.2, -0.15) is 0 Å². The van der Waals surface area contributed by atoms with Crippen LogP contribution >= 0.6 is 0 Å². The Bertz CT molecular complexity index is 1800. The molecule has 3 N–H and O–H groups in total. The average molecular weight is 677 g/mol. The van der Waals surface area contributed by atoms with Gasteiger partial charge in [-0.05, 0) is 117 Å². The number of ketones is 1. The molecule has 0 spiro atoms. The van der Waals surface area contributed by atoms with E-state index in [2.05, 4.69) is 25.2 Å². The van der Waals surface area contributed by atoms with Crippen LogP contribution in [0.3, 0.4) is 0 Å². The van der Waals surface area contributed by atoms with Crippen molar-refractivity contribution in [3.63, 3.8) is 0 Å². The molecule has 8 nitrogen and oxygen atoms in total. The number of hydrogen-bond donors (Lipinski definition) is 3. The number of ether oxygens (including phenoxy) is 1. The highest BCUT2D eigenvalue weighted by Crippen LogP contribution is 2.59. The lowest BCUT2D eigenvalue weighted by Crippen LogP contribution is -2.54. The molecule has 0 aliphatic heterocycles. The fraction of sp³-hybridized carbons (Fsp3) is 0.381. The molecule has 2 amide bonds. The number of carbonyl (C=O) groups excluding carboxylic acids is 2. The number of furan rings is 1. The number of amides is 2. The quantitative estimate of drug-likeness (QED) is 0.128. The van der Waals surface area contributed by atoms with Crippen LogP contribution in [0.25, 0.3) is 0 Å². The van der Waals surface area contributed by atoms with Crippen LogP contribution in [0.15, 0.2) is 107 Å². The first-order valence-corrected chi connectivity index (χ1v) is 17.6. The Morgan fingerprint density at radius 3 is 2.50 bits per heavy atom. The van der Waals surface area contributed by atoms with Gasteiger partial charge >= 0.3 is 6.03 Å². The zero-order chi connectivity index (χ0) is 35.3.